The van der Waals surface area contributed by atoms with Gasteiger partial charge < -0.3 is 4.42 Å². The van der Waals surface area contributed by atoms with E-state index in [0.29, 0.717) is 17.5 Å². The van der Waals surface area contributed by atoms with E-state index >= 15 is 0 Å². The van der Waals surface area contributed by atoms with Gasteiger partial charge >= 0.3 is 0 Å². The molecule has 13 rings (SSSR count). The first-order chi connectivity index (χ1) is 31.2. The summed E-state index contributed by atoms with van der Waals surface area (Å²) in [6.07, 6.45) is 0. The number of nitrogens with zero attached hydrogens (tertiary/aromatic N) is 3. The van der Waals surface area contributed by atoms with Crippen molar-refractivity contribution in [3.05, 3.63) is 235 Å². The summed E-state index contributed by atoms with van der Waals surface area (Å²) < 4.78 is 9.27. The maximum absolute atomic E-state index is 6.70. The molecular weight excluding hydrogens is 787 g/mol. The zero-order valence-corrected chi connectivity index (χ0v) is 34.7. The van der Waals surface area contributed by atoms with Gasteiger partial charge in [0.2, 0.25) is 0 Å². The molecule has 3 aromatic heterocycles. The second-order valence-corrected chi connectivity index (χ2v) is 17.3. The summed E-state index contributed by atoms with van der Waals surface area (Å²) in [6.45, 7) is 0. The van der Waals surface area contributed by atoms with Gasteiger partial charge in [0.15, 0.2) is 17.5 Å². The predicted octanol–water partition coefficient (Wildman–Crippen LogP) is 15.2. The molecule has 63 heavy (non-hydrogen) atoms. The fraction of sp³-hybridized carbons (Fsp3) is 0.0172. The number of benzene rings is 9. The second kappa shape index (κ2) is 14.0. The van der Waals surface area contributed by atoms with Crippen molar-refractivity contribution in [2.75, 3.05) is 0 Å². The molecule has 0 fully saturated rings. The second-order valence-electron chi connectivity index (χ2n) is 16.2. The van der Waals surface area contributed by atoms with Crippen LogP contribution in [0.5, 0.6) is 0 Å². The molecule has 5 heteroatoms. The topological polar surface area (TPSA) is 51.8 Å². The van der Waals surface area contributed by atoms with Crippen molar-refractivity contribution in [1.29, 1.82) is 0 Å². The van der Waals surface area contributed by atoms with Crippen LogP contribution in [0, 0.1) is 0 Å². The Balaban J connectivity index is 0.991. The third kappa shape index (κ3) is 5.43. The van der Waals surface area contributed by atoms with Gasteiger partial charge in [-0.2, -0.15) is 0 Å². The first kappa shape index (κ1) is 35.7. The van der Waals surface area contributed by atoms with Gasteiger partial charge in [-0.15, -0.1) is 11.3 Å². The summed E-state index contributed by atoms with van der Waals surface area (Å²) in [5.74, 6) is 1.80. The number of thiophene rings is 1. The van der Waals surface area contributed by atoms with Crippen molar-refractivity contribution >= 4 is 53.4 Å². The van der Waals surface area contributed by atoms with E-state index in [1.807, 2.05) is 29.5 Å². The monoisotopic (exact) mass is 821 g/mol. The van der Waals surface area contributed by atoms with Crippen LogP contribution in [0.3, 0.4) is 0 Å². The molecule has 4 nitrogen and oxygen atoms in total. The van der Waals surface area contributed by atoms with E-state index in [9.17, 15) is 0 Å². The fourth-order valence-electron chi connectivity index (χ4n) is 10.1. The van der Waals surface area contributed by atoms with Crippen molar-refractivity contribution in [3.8, 4) is 56.4 Å². The van der Waals surface area contributed by atoms with Crippen LogP contribution < -0.4 is 0 Å². The minimum absolute atomic E-state index is 0.545. The van der Waals surface area contributed by atoms with Crippen LogP contribution in [-0.4, -0.2) is 15.0 Å². The molecule has 0 N–H and O–H groups in total. The van der Waals surface area contributed by atoms with Gasteiger partial charge in [-0.3, -0.25) is 0 Å². The minimum atomic E-state index is -0.545. The molecule has 1 aliphatic carbocycles. The van der Waals surface area contributed by atoms with Crippen LogP contribution in [0.2, 0.25) is 0 Å². The Morgan fingerprint density at radius 3 is 1.71 bits per heavy atom. The molecule has 0 atom stereocenters. The van der Waals surface area contributed by atoms with Gasteiger partial charge in [-0.05, 0) is 69.3 Å². The van der Waals surface area contributed by atoms with Gasteiger partial charge in [-0.25, -0.2) is 15.0 Å². The lowest BCUT2D eigenvalue weighted by Crippen LogP contribution is -2.28. The molecule has 0 saturated carbocycles. The molecule has 0 amide bonds. The summed E-state index contributed by atoms with van der Waals surface area (Å²) in [5, 5.41) is 4.72. The molecule has 0 unspecified atom stereocenters. The van der Waals surface area contributed by atoms with Crippen LogP contribution >= 0.6 is 11.3 Å². The number of hydrogen-bond donors (Lipinski definition) is 0. The highest BCUT2D eigenvalue weighted by Gasteiger charge is 2.46. The molecule has 9 aromatic carbocycles. The average molecular weight is 822 g/mol. The normalized spacial score (nSPS) is 12.9. The molecule has 12 aromatic rings. The summed E-state index contributed by atoms with van der Waals surface area (Å²) in [6, 6.07) is 75.5. The van der Waals surface area contributed by atoms with Crippen LogP contribution in [0.1, 0.15) is 22.3 Å². The van der Waals surface area contributed by atoms with Crippen LogP contribution in [0.25, 0.3) is 98.5 Å². The Morgan fingerprint density at radius 1 is 0.365 bits per heavy atom. The number of fused-ring (bicyclic) bond motifs is 9. The van der Waals surface area contributed by atoms with Crippen molar-refractivity contribution < 1.29 is 4.42 Å². The zero-order valence-electron chi connectivity index (χ0n) is 33.9. The van der Waals surface area contributed by atoms with E-state index < -0.39 is 5.41 Å². The van der Waals surface area contributed by atoms with E-state index in [1.165, 1.54) is 59.1 Å². The van der Waals surface area contributed by atoms with E-state index in [2.05, 4.69) is 194 Å². The summed E-state index contributed by atoms with van der Waals surface area (Å²) in [4.78, 5) is 15.6. The van der Waals surface area contributed by atoms with E-state index in [-0.39, 0.29) is 0 Å². The first-order valence-corrected chi connectivity index (χ1v) is 22.1. The summed E-state index contributed by atoms with van der Waals surface area (Å²) in [7, 11) is 0. The quantitative estimate of drug-likeness (QED) is 0.168. The smallest absolute Gasteiger partial charge is 0.164 e. The third-order valence-corrected chi connectivity index (χ3v) is 14.1. The van der Waals surface area contributed by atoms with Gasteiger partial charge in [0.25, 0.3) is 0 Å². The number of rotatable bonds is 6. The summed E-state index contributed by atoms with van der Waals surface area (Å²) in [5.41, 5.74) is 13.5. The van der Waals surface area contributed by atoms with E-state index in [0.717, 1.165) is 44.2 Å². The van der Waals surface area contributed by atoms with Crippen molar-refractivity contribution in [2.45, 2.75) is 5.41 Å². The van der Waals surface area contributed by atoms with Crippen LogP contribution in [0.15, 0.2) is 217 Å². The highest BCUT2D eigenvalue weighted by atomic mass is 32.1. The molecule has 3 heterocycles. The molecule has 0 radical (unpaired) electrons. The Morgan fingerprint density at radius 2 is 0.937 bits per heavy atom. The van der Waals surface area contributed by atoms with Gasteiger partial charge in [0.05, 0.1) is 5.41 Å². The highest BCUT2D eigenvalue weighted by Crippen LogP contribution is 2.56. The molecule has 0 saturated heterocycles. The zero-order chi connectivity index (χ0) is 41.5. The fourth-order valence-corrected chi connectivity index (χ4v) is 11.3. The summed E-state index contributed by atoms with van der Waals surface area (Å²) >= 11 is 1.85. The number of hydrogen-bond acceptors (Lipinski definition) is 5. The van der Waals surface area contributed by atoms with Crippen molar-refractivity contribution in [3.63, 3.8) is 0 Å². The van der Waals surface area contributed by atoms with Gasteiger partial charge in [0.1, 0.15) is 11.2 Å². The lowest BCUT2D eigenvalue weighted by molar-refractivity contribution is 0.669. The molecule has 1 aliphatic rings. The lowest BCUT2D eigenvalue weighted by atomic mass is 9.67. The SMILES string of the molecule is c1ccc(-c2nc(-c3ccc4c(c3)C(c3ccccc3)(c3ccccc3)c3ccccc3-4)nc(-c3ccc4c(c3)oc3cccc(-c5cccc6c5sc5ccccc56)c34)n2)cc1. The molecule has 0 spiro atoms. The lowest BCUT2D eigenvalue weighted by Gasteiger charge is -2.34. The highest BCUT2D eigenvalue weighted by molar-refractivity contribution is 7.26. The Kier molecular flexibility index (Phi) is 7.96. The molecule has 0 aliphatic heterocycles. The van der Waals surface area contributed by atoms with Gasteiger partial charge in [0, 0.05) is 53.2 Å². The predicted molar refractivity (Wildman–Crippen MR) is 259 cm³/mol. The molecule has 294 valence electrons. The largest absolute Gasteiger partial charge is 0.456 e. The third-order valence-electron chi connectivity index (χ3n) is 12.8. The minimum Gasteiger partial charge on any atom is -0.456 e. The molecule has 0 bridgehead atoms. The van der Waals surface area contributed by atoms with Gasteiger partial charge in [-0.1, -0.05) is 182 Å². The Hall–Kier alpha value is -7.99. The van der Waals surface area contributed by atoms with Crippen LogP contribution in [-0.2, 0) is 5.41 Å². The maximum Gasteiger partial charge on any atom is 0.164 e. The Bertz CT molecular complexity index is 3700. The van der Waals surface area contributed by atoms with E-state index in [4.69, 9.17) is 19.4 Å². The first-order valence-electron chi connectivity index (χ1n) is 21.3. The standard InChI is InChI=1S/C58H35N3OS/c1-4-16-36(17-5-1)55-59-56(37-30-32-42-41-22-10-12-27-48(41)58(49(42)34-37,39-18-6-2-7-19-39)40-20-8-3-9-21-40)61-57(60-55)38-31-33-47-51(35-38)62-50-28-15-24-44(53(47)50)46-26-14-25-45-43-23-11-13-29-52(43)63-54(45)46/h1-35H. The molecular formula is C58H35N3OS. The number of furan rings is 1. The van der Waals surface area contributed by atoms with Crippen molar-refractivity contribution in [2.24, 2.45) is 0 Å². The number of aromatic nitrogens is 3. The van der Waals surface area contributed by atoms with E-state index in [1.54, 1.807) is 0 Å². The Labute approximate surface area is 367 Å². The van der Waals surface area contributed by atoms with Crippen molar-refractivity contribution in [1.82, 2.24) is 15.0 Å². The maximum atomic E-state index is 6.70. The van der Waals surface area contributed by atoms with Crippen LogP contribution in [0.4, 0.5) is 0 Å². The average Bonchev–Trinajstić information content (AvgIpc) is 4.03.